The van der Waals surface area contributed by atoms with Gasteiger partial charge in [-0.15, -0.1) is 0 Å². The Morgan fingerprint density at radius 2 is 2.06 bits per heavy atom. The summed E-state index contributed by atoms with van der Waals surface area (Å²) in [5.74, 6) is 1.42. The lowest BCUT2D eigenvalue weighted by atomic mass is 10.1. The molecular weight excluding hydrogens is 268 g/mol. The molecule has 0 amide bonds. The number of carbonyl (C=O) groups excluding carboxylic acids is 1. The zero-order chi connectivity index (χ0) is 12.1. The van der Waals surface area contributed by atoms with Crippen LogP contribution in [0, 0.1) is 5.92 Å². The second kappa shape index (κ2) is 6.04. The highest BCUT2D eigenvalue weighted by Crippen LogP contribution is 2.23. The average molecular weight is 285 g/mol. The fraction of sp³-hybridized carbons (Fsp3) is 0.462. The van der Waals surface area contributed by atoms with Gasteiger partial charge in [-0.1, -0.05) is 13.8 Å². The van der Waals surface area contributed by atoms with Crippen LogP contribution in [0.25, 0.3) is 0 Å². The first-order valence-electron chi connectivity index (χ1n) is 5.44. The molecule has 0 aromatic heterocycles. The van der Waals surface area contributed by atoms with Crippen LogP contribution in [-0.4, -0.2) is 12.4 Å². The summed E-state index contributed by atoms with van der Waals surface area (Å²) < 4.78 is 6.53. The fourth-order valence-corrected chi connectivity index (χ4v) is 2.07. The number of hydrogen-bond donors (Lipinski definition) is 0. The lowest BCUT2D eigenvalue weighted by molar-refractivity contribution is 0.112. The van der Waals surface area contributed by atoms with Crippen LogP contribution in [0.4, 0.5) is 0 Å². The first-order chi connectivity index (χ1) is 7.52. The zero-order valence-electron chi connectivity index (χ0n) is 9.87. The summed E-state index contributed by atoms with van der Waals surface area (Å²) in [6.07, 6.45) is 2.03. The molecule has 0 spiro atoms. The first kappa shape index (κ1) is 13.2. The molecule has 1 aromatic rings. The van der Waals surface area contributed by atoms with E-state index in [1.54, 1.807) is 6.07 Å². The van der Waals surface area contributed by atoms with Crippen molar-refractivity contribution in [2.75, 3.05) is 0 Å². The normalized spacial score (nSPS) is 12.6. The molecule has 0 saturated carbocycles. The molecule has 1 atom stereocenters. The summed E-state index contributed by atoms with van der Waals surface area (Å²) >= 11 is 3.34. The summed E-state index contributed by atoms with van der Waals surface area (Å²) in [6.45, 7) is 6.40. The van der Waals surface area contributed by atoms with Crippen LogP contribution >= 0.6 is 15.9 Å². The largest absolute Gasteiger partial charge is 0.491 e. The topological polar surface area (TPSA) is 26.3 Å². The maximum atomic E-state index is 10.6. The van der Waals surface area contributed by atoms with Gasteiger partial charge in [-0.2, -0.15) is 0 Å². The van der Waals surface area contributed by atoms with E-state index in [-0.39, 0.29) is 6.10 Å². The van der Waals surface area contributed by atoms with Crippen LogP contribution in [0.3, 0.4) is 0 Å². The van der Waals surface area contributed by atoms with Gasteiger partial charge in [0.05, 0.1) is 6.10 Å². The van der Waals surface area contributed by atoms with E-state index in [0.717, 1.165) is 22.9 Å². The third kappa shape index (κ3) is 3.97. The smallest absolute Gasteiger partial charge is 0.151 e. The highest BCUT2D eigenvalue weighted by Gasteiger charge is 2.08. The van der Waals surface area contributed by atoms with E-state index in [9.17, 15) is 4.79 Å². The van der Waals surface area contributed by atoms with Gasteiger partial charge in [0.25, 0.3) is 0 Å². The van der Waals surface area contributed by atoms with Crippen molar-refractivity contribution in [2.24, 2.45) is 5.92 Å². The molecule has 0 aliphatic carbocycles. The van der Waals surface area contributed by atoms with E-state index in [0.29, 0.717) is 11.5 Å². The molecule has 0 saturated heterocycles. The molecule has 0 fully saturated rings. The molecule has 88 valence electrons. The van der Waals surface area contributed by atoms with Crippen LogP contribution in [0.1, 0.15) is 37.6 Å². The predicted molar refractivity (Wildman–Crippen MR) is 69.1 cm³/mol. The molecule has 0 heterocycles. The van der Waals surface area contributed by atoms with Gasteiger partial charge in [-0.25, -0.2) is 0 Å². The summed E-state index contributed by atoms with van der Waals surface area (Å²) in [5.41, 5.74) is 0.642. The van der Waals surface area contributed by atoms with E-state index in [1.807, 2.05) is 12.1 Å². The van der Waals surface area contributed by atoms with Gasteiger partial charge in [0, 0.05) is 10.0 Å². The standard InChI is InChI=1S/C13H17BrO2/c1-9(2)6-10(3)16-12-5-4-11(8-15)13(14)7-12/h4-5,7-10H,6H2,1-3H3. The average Bonchev–Trinajstić information content (AvgIpc) is 2.16. The minimum Gasteiger partial charge on any atom is -0.491 e. The summed E-state index contributed by atoms with van der Waals surface area (Å²) in [5, 5.41) is 0. The lowest BCUT2D eigenvalue weighted by Crippen LogP contribution is -2.14. The number of hydrogen-bond acceptors (Lipinski definition) is 2. The van der Waals surface area contributed by atoms with Crippen molar-refractivity contribution >= 4 is 22.2 Å². The van der Waals surface area contributed by atoms with Crippen LogP contribution in [-0.2, 0) is 0 Å². The quantitative estimate of drug-likeness (QED) is 0.762. The van der Waals surface area contributed by atoms with Gasteiger partial charge in [0.15, 0.2) is 6.29 Å². The molecule has 1 rings (SSSR count). The molecule has 0 radical (unpaired) electrons. The Balaban J connectivity index is 2.67. The molecule has 0 aliphatic rings. The zero-order valence-corrected chi connectivity index (χ0v) is 11.5. The van der Waals surface area contributed by atoms with Crippen molar-refractivity contribution in [1.29, 1.82) is 0 Å². The van der Waals surface area contributed by atoms with Gasteiger partial charge in [-0.3, -0.25) is 4.79 Å². The van der Waals surface area contributed by atoms with Crippen LogP contribution in [0.2, 0.25) is 0 Å². The number of carbonyl (C=O) groups is 1. The molecule has 0 N–H and O–H groups in total. The first-order valence-corrected chi connectivity index (χ1v) is 6.23. The highest BCUT2D eigenvalue weighted by molar-refractivity contribution is 9.10. The Morgan fingerprint density at radius 1 is 1.38 bits per heavy atom. The molecule has 2 nitrogen and oxygen atoms in total. The predicted octanol–water partition coefficient (Wildman–Crippen LogP) is 4.08. The Bertz CT molecular complexity index is 361. The molecule has 1 aromatic carbocycles. The Kier molecular flexibility index (Phi) is 5.00. The molecule has 3 heteroatoms. The van der Waals surface area contributed by atoms with Gasteiger partial charge < -0.3 is 4.74 Å². The minimum absolute atomic E-state index is 0.189. The van der Waals surface area contributed by atoms with E-state index in [2.05, 4.69) is 36.7 Å². The van der Waals surface area contributed by atoms with Gasteiger partial charge in [0.2, 0.25) is 0 Å². The Labute approximate surface area is 105 Å². The Morgan fingerprint density at radius 3 is 2.56 bits per heavy atom. The lowest BCUT2D eigenvalue weighted by Gasteiger charge is -2.16. The Hall–Kier alpha value is -0.830. The van der Waals surface area contributed by atoms with Crippen molar-refractivity contribution in [3.05, 3.63) is 28.2 Å². The molecule has 0 aliphatic heterocycles. The highest BCUT2D eigenvalue weighted by atomic mass is 79.9. The second-order valence-electron chi connectivity index (χ2n) is 4.36. The van der Waals surface area contributed by atoms with Gasteiger partial charge in [-0.05, 0) is 53.4 Å². The minimum atomic E-state index is 0.189. The third-order valence-corrected chi connectivity index (χ3v) is 2.93. The van der Waals surface area contributed by atoms with Crippen LogP contribution in [0.5, 0.6) is 5.75 Å². The summed E-state index contributed by atoms with van der Waals surface area (Å²) in [7, 11) is 0. The maximum Gasteiger partial charge on any atom is 0.151 e. The molecule has 1 unspecified atom stereocenters. The van der Waals surface area contributed by atoms with E-state index in [1.165, 1.54) is 0 Å². The van der Waals surface area contributed by atoms with Crippen molar-refractivity contribution < 1.29 is 9.53 Å². The van der Waals surface area contributed by atoms with Crippen molar-refractivity contribution in [3.63, 3.8) is 0 Å². The van der Waals surface area contributed by atoms with E-state index < -0.39 is 0 Å². The van der Waals surface area contributed by atoms with Crippen LogP contribution < -0.4 is 4.74 Å². The fourth-order valence-electron chi connectivity index (χ4n) is 1.62. The van der Waals surface area contributed by atoms with Gasteiger partial charge >= 0.3 is 0 Å². The van der Waals surface area contributed by atoms with Crippen molar-refractivity contribution in [1.82, 2.24) is 0 Å². The van der Waals surface area contributed by atoms with Crippen molar-refractivity contribution in [2.45, 2.75) is 33.3 Å². The number of halogens is 1. The van der Waals surface area contributed by atoms with Gasteiger partial charge in [0.1, 0.15) is 5.75 Å². The van der Waals surface area contributed by atoms with E-state index in [4.69, 9.17) is 4.74 Å². The maximum absolute atomic E-state index is 10.6. The summed E-state index contributed by atoms with van der Waals surface area (Å²) in [6, 6.07) is 5.42. The number of rotatable bonds is 5. The van der Waals surface area contributed by atoms with Crippen LogP contribution in [0.15, 0.2) is 22.7 Å². The third-order valence-electron chi connectivity index (χ3n) is 2.24. The summed E-state index contributed by atoms with van der Waals surface area (Å²) in [4.78, 5) is 10.6. The second-order valence-corrected chi connectivity index (χ2v) is 5.21. The number of benzene rings is 1. The SMILES string of the molecule is CC(C)CC(C)Oc1ccc(C=O)c(Br)c1. The van der Waals surface area contributed by atoms with E-state index >= 15 is 0 Å². The molecule has 0 bridgehead atoms. The number of ether oxygens (including phenoxy) is 1. The van der Waals surface area contributed by atoms with Crippen molar-refractivity contribution in [3.8, 4) is 5.75 Å². The molecule has 16 heavy (non-hydrogen) atoms. The monoisotopic (exact) mass is 284 g/mol. The number of aldehydes is 1. The molecular formula is C13H17BrO2.